The molecule has 6 nitrogen and oxygen atoms in total. The van der Waals surface area contributed by atoms with E-state index in [1.165, 1.54) is 19.3 Å². The van der Waals surface area contributed by atoms with Crippen molar-refractivity contribution in [1.82, 2.24) is 0 Å². The molecule has 1 fully saturated rings. The maximum absolute atomic E-state index is 11.9. The van der Waals surface area contributed by atoms with Gasteiger partial charge in [-0.2, -0.15) is 0 Å². The maximum Gasteiger partial charge on any atom is 0.331 e. The molecule has 130 valence electrons. The zero-order valence-electron chi connectivity index (χ0n) is 13.8. The molecule has 0 aliphatic heterocycles. The molecular formula is C18H22O6. The van der Waals surface area contributed by atoms with Crippen LogP contribution in [0.3, 0.4) is 0 Å². The monoisotopic (exact) mass is 334 g/mol. The van der Waals surface area contributed by atoms with E-state index in [2.05, 4.69) is 0 Å². The van der Waals surface area contributed by atoms with Crippen LogP contribution in [0.1, 0.15) is 38.2 Å². The standard InChI is InChI=1S/C18H22O6/c1-18(17(21)22)9-7-13(8-10-18)24-16(20)6-4-12-3-5-14(19)15(11-12)23-2/h3-6,11,13,19H,7-10H2,1-2H3,(H,21,22)/t13-,18-. The fourth-order valence-electron chi connectivity index (χ4n) is 2.73. The zero-order chi connectivity index (χ0) is 17.7. The minimum atomic E-state index is -0.798. The van der Waals surface area contributed by atoms with Gasteiger partial charge in [-0.05, 0) is 56.4 Å². The molecule has 6 heteroatoms. The molecule has 0 atom stereocenters. The summed E-state index contributed by atoms with van der Waals surface area (Å²) in [7, 11) is 1.45. The average molecular weight is 334 g/mol. The van der Waals surface area contributed by atoms with Crippen molar-refractivity contribution in [2.45, 2.75) is 38.7 Å². The van der Waals surface area contributed by atoms with Crippen molar-refractivity contribution in [2.75, 3.05) is 7.11 Å². The minimum absolute atomic E-state index is 0.0286. The van der Waals surface area contributed by atoms with Gasteiger partial charge in [-0.3, -0.25) is 4.79 Å². The molecule has 24 heavy (non-hydrogen) atoms. The van der Waals surface area contributed by atoms with Gasteiger partial charge in [0.25, 0.3) is 0 Å². The Labute approximate surface area is 140 Å². The topological polar surface area (TPSA) is 93.1 Å². The van der Waals surface area contributed by atoms with Gasteiger partial charge in [0.05, 0.1) is 12.5 Å². The van der Waals surface area contributed by atoms with E-state index in [0.717, 1.165) is 0 Å². The van der Waals surface area contributed by atoms with Crippen LogP contribution < -0.4 is 4.74 Å². The second kappa shape index (κ2) is 7.38. The minimum Gasteiger partial charge on any atom is -0.504 e. The molecule has 0 aromatic heterocycles. The number of carboxylic acids is 1. The number of esters is 1. The number of phenolic OH excluding ortho intramolecular Hbond substituents is 1. The van der Waals surface area contributed by atoms with Gasteiger partial charge in [-0.25, -0.2) is 4.79 Å². The van der Waals surface area contributed by atoms with Crippen molar-refractivity contribution in [1.29, 1.82) is 0 Å². The first-order valence-corrected chi connectivity index (χ1v) is 7.83. The van der Waals surface area contributed by atoms with Gasteiger partial charge in [0.1, 0.15) is 6.10 Å². The van der Waals surface area contributed by atoms with E-state index in [0.29, 0.717) is 37.0 Å². The number of aliphatic carboxylic acids is 1. The van der Waals surface area contributed by atoms with Gasteiger partial charge in [-0.15, -0.1) is 0 Å². The van der Waals surface area contributed by atoms with Crippen molar-refractivity contribution < 1.29 is 29.3 Å². The maximum atomic E-state index is 11.9. The van der Waals surface area contributed by atoms with E-state index in [1.807, 2.05) is 0 Å². The number of benzene rings is 1. The summed E-state index contributed by atoms with van der Waals surface area (Å²) in [5.41, 5.74) is -0.0230. The Morgan fingerprint density at radius 1 is 1.29 bits per heavy atom. The molecule has 2 N–H and O–H groups in total. The average Bonchev–Trinajstić information content (AvgIpc) is 2.56. The van der Waals surface area contributed by atoms with Crippen LogP contribution in [-0.4, -0.2) is 35.4 Å². The number of carbonyl (C=O) groups is 2. The van der Waals surface area contributed by atoms with Crippen molar-refractivity contribution >= 4 is 18.0 Å². The number of rotatable bonds is 5. The van der Waals surface area contributed by atoms with Crippen LogP contribution in [0.15, 0.2) is 24.3 Å². The van der Waals surface area contributed by atoms with E-state index in [-0.39, 0.29) is 11.9 Å². The molecule has 1 aromatic carbocycles. The molecule has 0 amide bonds. The van der Waals surface area contributed by atoms with E-state index in [4.69, 9.17) is 9.47 Å². The number of aromatic hydroxyl groups is 1. The molecule has 0 saturated heterocycles. The Balaban J connectivity index is 1.89. The Bertz CT molecular complexity index is 641. The first-order chi connectivity index (χ1) is 11.3. The van der Waals surface area contributed by atoms with Crippen LogP contribution in [0.25, 0.3) is 6.08 Å². The fourth-order valence-corrected chi connectivity index (χ4v) is 2.73. The van der Waals surface area contributed by atoms with Gasteiger partial charge >= 0.3 is 11.9 Å². The predicted octanol–water partition coefficient (Wildman–Crippen LogP) is 2.99. The van der Waals surface area contributed by atoms with Gasteiger partial charge in [-0.1, -0.05) is 6.07 Å². The Kier molecular flexibility index (Phi) is 5.49. The van der Waals surface area contributed by atoms with E-state index >= 15 is 0 Å². The molecule has 1 saturated carbocycles. The summed E-state index contributed by atoms with van der Waals surface area (Å²) in [6.45, 7) is 1.73. The SMILES string of the molecule is COc1cc(C=CC(=O)O[C@H]2CC[C@](C)(C(=O)O)CC2)ccc1O. The highest BCUT2D eigenvalue weighted by molar-refractivity contribution is 5.87. The molecule has 0 spiro atoms. The Morgan fingerprint density at radius 2 is 1.96 bits per heavy atom. The summed E-state index contributed by atoms with van der Waals surface area (Å²) in [4.78, 5) is 23.1. The van der Waals surface area contributed by atoms with Crippen LogP contribution in [-0.2, 0) is 14.3 Å². The number of carbonyl (C=O) groups excluding carboxylic acids is 1. The summed E-state index contributed by atoms with van der Waals surface area (Å²) in [5, 5.41) is 18.7. The molecule has 0 radical (unpaired) electrons. The summed E-state index contributed by atoms with van der Waals surface area (Å²) in [6, 6.07) is 4.75. The molecule has 0 heterocycles. The number of ether oxygens (including phenoxy) is 2. The van der Waals surface area contributed by atoms with Crippen LogP contribution in [0.4, 0.5) is 0 Å². The molecule has 0 unspecified atom stereocenters. The molecule has 1 aromatic rings. The highest BCUT2D eigenvalue weighted by Gasteiger charge is 2.38. The molecule has 0 bridgehead atoms. The predicted molar refractivity (Wildman–Crippen MR) is 87.8 cm³/mol. The van der Waals surface area contributed by atoms with Crippen molar-refractivity contribution in [3.05, 3.63) is 29.8 Å². The number of carboxylic acid groups (broad SMARTS) is 1. The molecule has 1 aliphatic rings. The lowest BCUT2D eigenvalue weighted by Crippen LogP contribution is -2.35. The van der Waals surface area contributed by atoms with E-state index < -0.39 is 17.4 Å². The zero-order valence-corrected chi connectivity index (χ0v) is 13.8. The second-order valence-electron chi connectivity index (χ2n) is 6.27. The van der Waals surface area contributed by atoms with Crippen LogP contribution in [0.2, 0.25) is 0 Å². The van der Waals surface area contributed by atoms with Gasteiger partial charge in [0, 0.05) is 6.08 Å². The van der Waals surface area contributed by atoms with E-state index in [9.17, 15) is 19.8 Å². The highest BCUT2D eigenvalue weighted by Crippen LogP contribution is 2.37. The molecular weight excluding hydrogens is 312 g/mol. The van der Waals surface area contributed by atoms with Gasteiger partial charge < -0.3 is 19.7 Å². The summed E-state index contributed by atoms with van der Waals surface area (Å²) in [5.74, 6) is -0.911. The Morgan fingerprint density at radius 3 is 2.54 bits per heavy atom. The van der Waals surface area contributed by atoms with E-state index in [1.54, 1.807) is 25.1 Å². The largest absolute Gasteiger partial charge is 0.504 e. The lowest BCUT2D eigenvalue weighted by molar-refractivity contribution is -0.154. The van der Waals surface area contributed by atoms with Crippen molar-refractivity contribution in [2.24, 2.45) is 5.41 Å². The normalized spacial score (nSPS) is 23.8. The smallest absolute Gasteiger partial charge is 0.331 e. The number of hydrogen-bond donors (Lipinski definition) is 2. The summed E-state index contributed by atoms with van der Waals surface area (Å²) in [6.07, 6.45) is 4.75. The summed E-state index contributed by atoms with van der Waals surface area (Å²) < 4.78 is 10.4. The van der Waals surface area contributed by atoms with Crippen LogP contribution >= 0.6 is 0 Å². The van der Waals surface area contributed by atoms with Crippen LogP contribution in [0, 0.1) is 5.41 Å². The highest BCUT2D eigenvalue weighted by atomic mass is 16.5. The first-order valence-electron chi connectivity index (χ1n) is 7.83. The third kappa shape index (κ3) is 4.28. The number of phenols is 1. The first kappa shape index (κ1) is 17.8. The number of methoxy groups -OCH3 is 1. The number of hydrogen-bond acceptors (Lipinski definition) is 5. The van der Waals surface area contributed by atoms with Crippen molar-refractivity contribution in [3.8, 4) is 11.5 Å². The van der Waals surface area contributed by atoms with Crippen molar-refractivity contribution in [3.63, 3.8) is 0 Å². The van der Waals surface area contributed by atoms with Gasteiger partial charge in [0.2, 0.25) is 0 Å². The second-order valence-corrected chi connectivity index (χ2v) is 6.27. The Hall–Kier alpha value is -2.50. The lowest BCUT2D eigenvalue weighted by Gasteiger charge is -2.33. The molecule has 1 aliphatic carbocycles. The fraction of sp³-hybridized carbons (Fsp3) is 0.444. The third-order valence-electron chi connectivity index (χ3n) is 4.45. The quantitative estimate of drug-likeness (QED) is 0.635. The van der Waals surface area contributed by atoms with Gasteiger partial charge in [0.15, 0.2) is 11.5 Å². The summed E-state index contributed by atoms with van der Waals surface area (Å²) >= 11 is 0. The van der Waals surface area contributed by atoms with Crippen LogP contribution in [0.5, 0.6) is 11.5 Å². The molecule has 2 rings (SSSR count). The third-order valence-corrected chi connectivity index (χ3v) is 4.45. The lowest BCUT2D eigenvalue weighted by atomic mass is 9.75.